The van der Waals surface area contributed by atoms with Gasteiger partial charge >= 0.3 is 0 Å². The summed E-state index contributed by atoms with van der Waals surface area (Å²) in [5.74, 6) is 0.441. The molecule has 114 valence electrons. The SMILES string of the molecule is Fc1cnc(CN=Cc2ccccc2)nc1N1CCOCC1. The smallest absolute Gasteiger partial charge is 0.183 e. The quantitative estimate of drug-likeness (QED) is 0.811. The minimum absolute atomic E-state index is 0.326. The van der Waals surface area contributed by atoms with Gasteiger partial charge in [0.15, 0.2) is 17.5 Å². The number of morpholine rings is 1. The van der Waals surface area contributed by atoms with Gasteiger partial charge in [-0.05, 0) is 5.56 Å². The van der Waals surface area contributed by atoms with Crippen LogP contribution in [-0.4, -0.2) is 42.5 Å². The van der Waals surface area contributed by atoms with Gasteiger partial charge in [0, 0.05) is 19.3 Å². The lowest BCUT2D eigenvalue weighted by Crippen LogP contribution is -2.37. The molecule has 5 nitrogen and oxygen atoms in total. The first kappa shape index (κ1) is 14.6. The van der Waals surface area contributed by atoms with Crippen LogP contribution >= 0.6 is 0 Å². The minimum atomic E-state index is -0.405. The zero-order valence-electron chi connectivity index (χ0n) is 12.2. The minimum Gasteiger partial charge on any atom is -0.378 e. The molecule has 1 aromatic heterocycles. The van der Waals surface area contributed by atoms with Crippen LogP contribution in [0.2, 0.25) is 0 Å². The maximum absolute atomic E-state index is 13.9. The van der Waals surface area contributed by atoms with E-state index in [4.69, 9.17) is 4.74 Å². The van der Waals surface area contributed by atoms with E-state index in [9.17, 15) is 4.39 Å². The molecule has 22 heavy (non-hydrogen) atoms. The summed E-state index contributed by atoms with van der Waals surface area (Å²) in [5, 5.41) is 0. The van der Waals surface area contributed by atoms with Gasteiger partial charge in [-0.3, -0.25) is 4.99 Å². The van der Waals surface area contributed by atoms with Gasteiger partial charge in [-0.1, -0.05) is 30.3 Å². The number of hydrogen-bond donors (Lipinski definition) is 0. The molecular weight excluding hydrogens is 283 g/mol. The van der Waals surface area contributed by atoms with E-state index in [1.165, 1.54) is 6.20 Å². The van der Waals surface area contributed by atoms with E-state index in [-0.39, 0.29) is 0 Å². The number of ether oxygens (including phenoxy) is 1. The third kappa shape index (κ3) is 3.65. The van der Waals surface area contributed by atoms with Gasteiger partial charge in [0.1, 0.15) is 0 Å². The number of halogens is 1. The zero-order valence-corrected chi connectivity index (χ0v) is 12.2. The number of rotatable bonds is 4. The van der Waals surface area contributed by atoms with Crippen molar-refractivity contribution in [2.24, 2.45) is 4.99 Å². The average Bonchev–Trinajstić information content (AvgIpc) is 2.58. The molecule has 1 aliphatic rings. The van der Waals surface area contributed by atoms with E-state index in [0.717, 1.165) is 5.56 Å². The topological polar surface area (TPSA) is 50.6 Å². The summed E-state index contributed by atoms with van der Waals surface area (Å²) < 4.78 is 19.2. The summed E-state index contributed by atoms with van der Waals surface area (Å²) in [5.41, 5.74) is 1.01. The van der Waals surface area contributed by atoms with Crippen molar-refractivity contribution in [1.82, 2.24) is 9.97 Å². The van der Waals surface area contributed by atoms with Crippen LogP contribution in [0, 0.1) is 5.82 Å². The molecule has 0 aliphatic carbocycles. The monoisotopic (exact) mass is 300 g/mol. The van der Waals surface area contributed by atoms with Crippen molar-refractivity contribution in [3.63, 3.8) is 0 Å². The van der Waals surface area contributed by atoms with Crippen molar-refractivity contribution < 1.29 is 9.13 Å². The van der Waals surface area contributed by atoms with Crippen LogP contribution in [0.3, 0.4) is 0 Å². The molecule has 0 radical (unpaired) electrons. The summed E-state index contributed by atoms with van der Waals surface area (Å²) in [6.07, 6.45) is 2.98. The molecule has 0 bridgehead atoms. The van der Waals surface area contributed by atoms with E-state index in [0.29, 0.717) is 44.5 Å². The number of aliphatic imine (C=N–C) groups is 1. The third-order valence-electron chi connectivity index (χ3n) is 3.36. The van der Waals surface area contributed by atoms with Gasteiger partial charge in [-0.2, -0.15) is 0 Å². The summed E-state index contributed by atoms with van der Waals surface area (Å²) in [6, 6.07) is 9.79. The summed E-state index contributed by atoms with van der Waals surface area (Å²) in [6.45, 7) is 2.78. The Morgan fingerprint density at radius 1 is 1.23 bits per heavy atom. The van der Waals surface area contributed by atoms with Crippen molar-refractivity contribution in [3.05, 3.63) is 53.7 Å². The number of nitrogens with zero attached hydrogens (tertiary/aromatic N) is 4. The Labute approximate surface area is 128 Å². The van der Waals surface area contributed by atoms with Gasteiger partial charge in [0.2, 0.25) is 0 Å². The van der Waals surface area contributed by atoms with Crippen molar-refractivity contribution in [3.8, 4) is 0 Å². The highest BCUT2D eigenvalue weighted by molar-refractivity contribution is 5.79. The van der Waals surface area contributed by atoms with Crippen LogP contribution in [0.25, 0.3) is 0 Å². The molecule has 0 saturated carbocycles. The second-order valence-corrected chi connectivity index (χ2v) is 4.94. The van der Waals surface area contributed by atoms with Gasteiger partial charge < -0.3 is 9.64 Å². The number of anilines is 1. The van der Waals surface area contributed by atoms with Crippen molar-refractivity contribution in [1.29, 1.82) is 0 Å². The maximum Gasteiger partial charge on any atom is 0.183 e. The van der Waals surface area contributed by atoms with Crippen LogP contribution in [0.15, 0.2) is 41.5 Å². The predicted octanol–water partition coefficient (Wildman–Crippen LogP) is 2.07. The molecule has 2 aromatic rings. The Morgan fingerprint density at radius 2 is 2.00 bits per heavy atom. The molecular formula is C16H17FN4O. The number of aromatic nitrogens is 2. The van der Waals surface area contributed by atoms with Crippen molar-refractivity contribution in [2.45, 2.75) is 6.54 Å². The lowest BCUT2D eigenvalue weighted by Gasteiger charge is -2.28. The van der Waals surface area contributed by atoms with Gasteiger partial charge in [-0.15, -0.1) is 0 Å². The molecule has 3 rings (SSSR count). The normalized spacial score (nSPS) is 15.4. The van der Waals surface area contributed by atoms with E-state index in [1.807, 2.05) is 35.2 Å². The molecule has 1 fully saturated rings. The molecule has 0 atom stereocenters. The Balaban J connectivity index is 1.70. The fourth-order valence-electron chi connectivity index (χ4n) is 2.24. The highest BCUT2D eigenvalue weighted by Gasteiger charge is 2.17. The van der Waals surface area contributed by atoms with Crippen LogP contribution < -0.4 is 4.90 Å². The van der Waals surface area contributed by atoms with E-state index in [1.54, 1.807) is 6.21 Å². The molecule has 0 amide bonds. The molecule has 0 spiro atoms. The molecule has 0 unspecified atom stereocenters. The van der Waals surface area contributed by atoms with Crippen LogP contribution in [-0.2, 0) is 11.3 Å². The summed E-state index contributed by atoms with van der Waals surface area (Å²) in [4.78, 5) is 14.5. The molecule has 1 saturated heterocycles. The fraction of sp³-hybridized carbons (Fsp3) is 0.312. The first-order chi connectivity index (χ1) is 10.8. The lowest BCUT2D eigenvalue weighted by molar-refractivity contribution is 0.122. The fourth-order valence-corrected chi connectivity index (χ4v) is 2.24. The predicted molar refractivity (Wildman–Crippen MR) is 82.8 cm³/mol. The number of benzene rings is 1. The summed E-state index contributed by atoms with van der Waals surface area (Å²) in [7, 11) is 0. The van der Waals surface area contributed by atoms with E-state index >= 15 is 0 Å². The summed E-state index contributed by atoms with van der Waals surface area (Å²) >= 11 is 0. The average molecular weight is 300 g/mol. The highest BCUT2D eigenvalue weighted by atomic mass is 19.1. The molecule has 1 aliphatic heterocycles. The van der Waals surface area contributed by atoms with Crippen LogP contribution in [0.5, 0.6) is 0 Å². The van der Waals surface area contributed by atoms with Crippen LogP contribution in [0.1, 0.15) is 11.4 Å². The Morgan fingerprint density at radius 3 is 2.77 bits per heavy atom. The Kier molecular flexibility index (Phi) is 4.70. The van der Waals surface area contributed by atoms with Crippen molar-refractivity contribution >= 4 is 12.0 Å². The molecule has 6 heteroatoms. The standard InChI is InChI=1S/C16H17FN4O/c17-14-11-19-15(12-18-10-13-4-2-1-3-5-13)20-16(14)21-6-8-22-9-7-21/h1-5,10-11H,6-9,12H2. The zero-order chi connectivity index (χ0) is 15.2. The number of hydrogen-bond acceptors (Lipinski definition) is 5. The molecule has 1 aromatic carbocycles. The second-order valence-electron chi connectivity index (χ2n) is 4.94. The van der Waals surface area contributed by atoms with Gasteiger partial charge in [0.25, 0.3) is 0 Å². The van der Waals surface area contributed by atoms with E-state index in [2.05, 4.69) is 15.0 Å². The highest BCUT2D eigenvalue weighted by Crippen LogP contribution is 2.17. The first-order valence-electron chi connectivity index (χ1n) is 7.22. The largest absolute Gasteiger partial charge is 0.378 e. The third-order valence-corrected chi connectivity index (χ3v) is 3.36. The molecule has 0 N–H and O–H groups in total. The Bertz CT molecular complexity index is 642. The van der Waals surface area contributed by atoms with Gasteiger partial charge in [0.05, 0.1) is 26.0 Å². The maximum atomic E-state index is 13.9. The molecule has 2 heterocycles. The lowest BCUT2D eigenvalue weighted by atomic mass is 10.2. The van der Waals surface area contributed by atoms with Crippen molar-refractivity contribution in [2.75, 3.05) is 31.2 Å². The van der Waals surface area contributed by atoms with Crippen LogP contribution in [0.4, 0.5) is 10.2 Å². The second kappa shape index (κ2) is 7.09. The van der Waals surface area contributed by atoms with Gasteiger partial charge in [-0.25, -0.2) is 14.4 Å². The van der Waals surface area contributed by atoms with E-state index < -0.39 is 5.82 Å². The Hall–Kier alpha value is -2.34. The first-order valence-corrected chi connectivity index (χ1v) is 7.22.